The van der Waals surface area contributed by atoms with Crippen molar-refractivity contribution in [1.29, 1.82) is 0 Å². The van der Waals surface area contributed by atoms with Gasteiger partial charge in [0.2, 0.25) is 0 Å². The maximum absolute atomic E-state index is 11.2. The van der Waals surface area contributed by atoms with E-state index >= 15 is 0 Å². The summed E-state index contributed by atoms with van der Waals surface area (Å²) in [7, 11) is 0. The Morgan fingerprint density at radius 2 is 2.09 bits per heavy atom. The highest BCUT2D eigenvalue weighted by molar-refractivity contribution is 5.68. The van der Waals surface area contributed by atoms with Gasteiger partial charge in [0.15, 0.2) is 12.4 Å². The molecule has 132 valence electrons. The smallest absolute Gasteiger partial charge is 0.407 e. The second kappa shape index (κ2) is 6.48. The highest BCUT2D eigenvalue weighted by Crippen LogP contribution is 2.30. The van der Waals surface area contributed by atoms with Crippen LogP contribution in [0, 0.1) is 0 Å². The van der Waals surface area contributed by atoms with Crippen LogP contribution >= 0.6 is 0 Å². The van der Waals surface area contributed by atoms with Crippen molar-refractivity contribution >= 4 is 6.09 Å². The summed E-state index contributed by atoms with van der Waals surface area (Å²) in [4.78, 5) is 11.2. The van der Waals surface area contributed by atoms with Gasteiger partial charge in [-0.2, -0.15) is 0 Å². The first-order valence-corrected chi connectivity index (χ1v) is 7.55. The van der Waals surface area contributed by atoms with Crippen LogP contribution in [0.2, 0.25) is 0 Å². The quantitative estimate of drug-likeness (QED) is 0.364. The van der Waals surface area contributed by atoms with Crippen LogP contribution in [-0.4, -0.2) is 89.6 Å². The molecule has 0 bridgehead atoms. The van der Waals surface area contributed by atoms with Crippen molar-refractivity contribution < 1.29 is 39.1 Å². The number of alkyl carbamates (subject to hydrolysis) is 1. The van der Waals surface area contributed by atoms with E-state index in [-0.39, 0.29) is 13.2 Å². The van der Waals surface area contributed by atoms with Gasteiger partial charge in [0.25, 0.3) is 0 Å². The van der Waals surface area contributed by atoms with Crippen LogP contribution in [0.4, 0.5) is 4.79 Å². The third-order valence-corrected chi connectivity index (χ3v) is 4.46. The lowest BCUT2D eigenvalue weighted by Crippen LogP contribution is -2.67. The van der Waals surface area contributed by atoms with Gasteiger partial charge < -0.3 is 45.3 Å². The van der Waals surface area contributed by atoms with Crippen LogP contribution in [-0.2, 0) is 18.9 Å². The summed E-state index contributed by atoms with van der Waals surface area (Å²) in [5.41, 5.74) is 5.92. The molecular formula is C13H22N2O8. The third-order valence-electron chi connectivity index (χ3n) is 4.46. The fourth-order valence-corrected chi connectivity index (χ4v) is 3.11. The number of carbonyl (C=O) groups is 1. The van der Waals surface area contributed by atoms with E-state index in [4.69, 9.17) is 24.7 Å². The Kier molecular flexibility index (Phi) is 4.74. The fraction of sp³-hybridized carbons (Fsp3) is 0.923. The van der Waals surface area contributed by atoms with Crippen molar-refractivity contribution in [3.05, 3.63) is 0 Å². The zero-order chi connectivity index (χ0) is 16.7. The standard InChI is InChI=1S/C13H22N2O8/c1-4-8(17)11(6(3-16)20-4)22-12-7(14)9(18)10-5(21-12)2-15-13(19)23-10/h4-12,16-18H,2-3,14H2,1H3,(H,15,19)/t4-,5-,6+,7+,8-,9+,10+,11+,12+/m0/s1. The molecule has 3 aliphatic rings. The molecule has 6 N–H and O–H groups in total. The molecule has 0 aromatic rings. The minimum atomic E-state index is -1.17. The Balaban J connectivity index is 1.69. The summed E-state index contributed by atoms with van der Waals surface area (Å²) in [6, 6.07) is -0.982. The Bertz CT molecular complexity index is 450. The summed E-state index contributed by atoms with van der Waals surface area (Å²) in [6.07, 6.45) is -7.38. The number of hydrogen-bond donors (Lipinski definition) is 5. The molecular weight excluding hydrogens is 312 g/mol. The van der Waals surface area contributed by atoms with Gasteiger partial charge in [-0.25, -0.2) is 4.79 Å². The van der Waals surface area contributed by atoms with E-state index in [0.29, 0.717) is 0 Å². The molecule has 1 amide bonds. The molecule has 0 aliphatic carbocycles. The second-order valence-corrected chi connectivity index (χ2v) is 6.02. The van der Waals surface area contributed by atoms with Gasteiger partial charge in [0.05, 0.1) is 25.3 Å². The number of rotatable bonds is 3. The molecule has 3 heterocycles. The minimum Gasteiger partial charge on any atom is -0.441 e. The SMILES string of the molecule is C[C@@H]1O[C@H](CO)[C@@H](O[C@H]2O[C@H]3CNC(=O)O[C@H]3[C@H](O)[C@H]2N)[C@H]1O. The average Bonchev–Trinajstić information content (AvgIpc) is 2.80. The normalized spacial score (nSPS) is 50.1. The largest absolute Gasteiger partial charge is 0.441 e. The molecule has 0 unspecified atom stereocenters. The van der Waals surface area contributed by atoms with E-state index in [1.54, 1.807) is 6.92 Å². The topological polar surface area (TPSA) is 153 Å². The van der Waals surface area contributed by atoms with Gasteiger partial charge in [0, 0.05) is 0 Å². The maximum Gasteiger partial charge on any atom is 0.407 e. The van der Waals surface area contributed by atoms with Gasteiger partial charge in [0.1, 0.15) is 30.5 Å². The number of ether oxygens (including phenoxy) is 4. The maximum atomic E-state index is 11.2. The molecule has 0 saturated carbocycles. The molecule has 10 nitrogen and oxygen atoms in total. The lowest BCUT2D eigenvalue weighted by Gasteiger charge is -2.45. The van der Waals surface area contributed by atoms with Gasteiger partial charge in [-0.1, -0.05) is 0 Å². The predicted octanol–water partition coefficient (Wildman–Crippen LogP) is -2.97. The summed E-state index contributed by atoms with van der Waals surface area (Å²) >= 11 is 0. The molecule has 0 aromatic heterocycles. The minimum absolute atomic E-state index is 0.149. The van der Waals surface area contributed by atoms with Crippen LogP contribution < -0.4 is 11.1 Å². The molecule has 23 heavy (non-hydrogen) atoms. The molecule has 10 heteroatoms. The number of nitrogens with one attached hydrogen (secondary N) is 1. The Morgan fingerprint density at radius 3 is 2.78 bits per heavy atom. The molecule has 0 spiro atoms. The number of hydrogen-bond acceptors (Lipinski definition) is 9. The van der Waals surface area contributed by atoms with Crippen LogP contribution in [0.5, 0.6) is 0 Å². The molecule has 3 fully saturated rings. The van der Waals surface area contributed by atoms with Gasteiger partial charge in [-0.3, -0.25) is 0 Å². The van der Waals surface area contributed by atoms with Crippen molar-refractivity contribution in [3.8, 4) is 0 Å². The average molecular weight is 334 g/mol. The second-order valence-electron chi connectivity index (χ2n) is 6.02. The van der Waals surface area contributed by atoms with Crippen molar-refractivity contribution in [2.45, 2.75) is 62.0 Å². The van der Waals surface area contributed by atoms with Crippen molar-refractivity contribution in [3.63, 3.8) is 0 Å². The van der Waals surface area contributed by atoms with Crippen LogP contribution in [0.15, 0.2) is 0 Å². The molecule has 0 radical (unpaired) electrons. The third kappa shape index (κ3) is 3.03. The number of nitrogens with two attached hydrogens (primary N) is 1. The number of amides is 1. The lowest BCUT2D eigenvalue weighted by molar-refractivity contribution is -0.284. The van der Waals surface area contributed by atoms with E-state index in [9.17, 15) is 20.1 Å². The summed E-state index contributed by atoms with van der Waals surface area (Å²) in [6.45, 7) is 1.48. The Labute approximate surface area is 132 Å². The molecule has 3 aliphatic heterocycles. The summed E-state index contributed by atoms with van der Waals surface area (Å²) in [5.74, 6) is 0. The first kappa shape index (κ1) is 16.8. The zero-order valence-electron chi connectivity index (χ0n) is 12.6. The Morgan fingerprint density at radius 1 is 1.35 bits per heavy atom. The van der Waals surface area contributed by atoms with Crippen LogP contribution in [0.3, 0.4) is 0 Å². The van der Waals surface area contributed by atoms with Gasteiger partial charge in [-0.15, -0.1) is 0 Å². The molecule has 3 rings (SSSR count). The monoisotopic (exact) mass is 334 g/mol. The van der Waals surface area contributed by atoms with E-state index < -0.39 is 61.2 Å². The first-order valence-electron chi connectivity index (χ1n) is 7.55. The summed E-state index contributed by atoms with van der Waals surface area (Å²) in [5, 5.41) is 32.1. The van der Waals surface area contributed by atoms with E-state index in [1.807, 2.05) is 0 Å². The Hall–Kier alpha value is -1.01. The first-order chi connectivity index (χ1) is 10.9. The number of aliphatic hydroxyl groups excluding tert-OH is 3. The molecule has 0 aromatic carbocycles. The predicted molar refractivity (Wildman–Crippen MR) is 73.2 cm³/mol. The number of carbonyl (C=O) groups excluding carboxylic acids is 1. The summed E-state index contributed by atoms with van der Waals surface area (Å²) < 4.78 is 21.7. The molecule has 9 atom stereocenters. The highest BCUT2D eigenvalue weighted by Gasteiger charge is 2.51. The van der Waals surface area contributed by atoms with E-state index in [2.05, 4.69) is 5.32 Å². The van der Waals surface area contributed by atoms with Gasteiger partial charge in [-0.05, 0) is 6.92 Å². The fourth-order valence-electron chi connectivity index (χ4n) is 3.11. The van der Waals surface area contributed by atoms with Gasteiger partial charge >= 0.3 is 6.09 Å². The van der Waals surface area contributed by atoms with Crippen molar-refractivity contribution in [2.75, 3.05) is 13.2 Å². The van der Waals surface area contributed by atoms with E-state index in [0.717, 1.165) is 0 Å². The highest BCUT2D eigenvalue weighted by atomic mass is 16.7. The number of fused-ring (bicyclic) bond motifs is 1. The van der Waals surface area contributed by atoms with E-state index in [1.165, 1.54) is 0 Å². The molecule has 3 saturated heterocycles. The number of aliphatic hydroxyl groups is 3. The van der Waals surface area contributed by atoms with Crippen molar-refractivity contribution in [1.82, 2.24) is 5.32 Å². The van der Waals surface area contributed by atoms with Crippen LogP contribution in [0.1, 0.15) is 6.92 Å². The zero-order valence-corrected chi connectivity index (χ0v) is 12.6. The lowest BCUT2D eigenvalue weighted by atomic mass is 9.96. The van der Waals surface area contributed by atoms with Crippen LogP contribution in [0.25, 0.3) is 0 Å². The van der Waals surface area contributed by atoms with Crippen molar-refractivity contribution in [2.24, 2.45) is 5.73 Å².